The Labute approximate surface area is 203 Å². The van der Waals surface area contributed by atoms with Crippen LogP contribution in [-0.4, -0.2) is 10.9 Å². The van der Waals surface area contributed by atoms with Crippen molar-refractivity contribution in [2.24, 2.45) is 0 Å². The van der Waals surface area contributed by atoms with Crippen molar-refractivity contribution in [2.45, 2.75) is 6.92 Å². The minimum atomic E-state index is -0.325. The van der Waals surface area contributed by atoms with Gasteiger partial charge in [-0.15, -0.1) is 11.3 Å². The van der Waals surface area contributed by atoms with Crippen LogP contribution in [0.2, 0.25) is 10.0 Å². The second-order valence-corrected chi connectivity index (χ2v) is 9.33. The SMILES string of the molecule is Cc1ccc(NC(=O)c2sc3nc(-c4ccc(Cl)cc4)cc(-c4ccco4)c3c2N)cc1Cl. The number of rotatable bonds is 4. The number of nitrogens with one attached hydrogen (secondary N) is 1. The van der Waals surface area contributed by atoms with Gasteiger partial charge in [0.05, 0.1) is 17.6 Å². The summed E-state index contributed by atoms with van der Waals surface area (Å²) in [6.07, 6.45) is 1.60. The number of aryl methyl sites for hydroxylation is 1. The van der Waals surface area contributed by atoms with Crippen LogP contribution in [0.15, 0.2) is 71.3 Å². The fourth-order valence-corrected chi connectivity index (χ4v) is 4.86. The molecule has 8 heteroatoms. The molecule has 164 valence electrons. The van der Waals surface area contributed by atoms with E-state index in [0.29, 0.717) is 42.3 Å². The molecule has 0 aliphatic heterocycles. The molecular weight excluding hydrogens is 477 g/mol. The van der Waals surface area contributed by atoms with Crippen molar-refractivity contribution in [1.82, 2.24) is 4.98 Å². The van der Waals surface area contributed by atoms with Crippen molar-refractivity contribution in [3.05, 3.63) is 87.4 Å². The first kappa shape index (κ1) is 21.5. The van der Waals surface area contributed by atoms with Crippen molar-refractivity contribution in [2.75, 3.05) is 11.1 Å². The maximum absolute atomic E-state index is 13.1. The van der Waals surface area contributed by atoms with Gasteiger partial charge in [-0.2, -0.15) is 0 Å². The van der Waals surface area contributed by atoms with Gasteiger partial charge >= 0.3 is 0 Å². The number of nitrogens with two attached hydrogens (primary N) is 1. The second-order valence-electron chi connectivity index (χ2n) is 7.48. The Balaban J connectivity index is 1.63. The molecule has 0 aliphatic rings. The quantitative estimate of drug-likeness (QED) is 0.269. The number of anilines is 2. The van der Waals surface area contributed by atoms with E-state index in [1.165, 1.54) is 11.3 Å². The summed E-state index contributed by atoms with van der Waals surface area (Å²) in [5.74, 6) is 0.313. The molecule has 5 aromatic rings. The van der Waals surface area contributed by atoms with Crippen molar-refractivity contribution < 1.29 is 9.21 Å². The van der Waals surface area contributed by atoms with Crippen LogP contribution >= 0.6 is 34.5 Å². The average molecular weight is 494 g/mol. The number of amides is 1. The Morgan fingerprint density at radius 1 is 1.09 bits per heavy atom. The van der Waals surface area contributed by atoms with E-state index in [4.69, 9.17) is 38.3 Å². The molecule has 33 heavy (non-hydrogen) atoms. The van der Waals surface area contributed by atoms with Crippen molar-refractivity contribution >= 4 is 62.0 Å². The van der Waals surface area contributed by atoms with Crippen LogP contribution in [0.25, 0.3) is 32.8 Å². The molecule has 3 heterocycles. The highest BCUT2D eigenvalue weighted by Crippen LogP contribution is 2.41. The summed E-state index contributed by atoms with van der Waals surface area (Å²) in [6.45, 7) is 1.90. The van der Waals surface area contributed by atoms with Crippen LogP contribution in [0.4, 0.5) is 11.4 Å². The monoisotopic (exact) mass is 493 g/mol. The fourth-order valence-electron chi connectivity index (χ4n) is 3.54. The number of nitrogen functional groups attached to an aromatic ring is 1. The van der Waals surface area contributed by atoms with E-state index in [-0.39, 0.29) is 5.91 Å². The number of benzene rings is 2. The number of pyridine rings is 1. The number of halogens is 2. The number of nitrogens with zero attached hydrogens (tertiary/aromatic N) is 1. The number of thiophene rings is 1. The molecule has 5 rings (SSSR count). The highest BCUT2D eigenvalue weighted by atomic mass is 35.5. The van der Waals surface area contributed by atoms with Gasteiger partial charge < -0.3 is 15.5 Å². The highest BCUT2D eigenvalue weighted by Gasteiger charge is 2.22. The Morgan fingerprint density at radius 2 is 1.88 bits per heavy atom. The van der Waals surface area contributed by atoms with E-state index >= 15 is 0 Å². The molecule has 0 fully saturated rings. The number of carbonyl (C=O) groups is 1. The molecular formula is C25H17Cl2N3O2S. The first-order chi connectivity index (χ1) is 15.9. The molecule has 3 aromatic heterocycles. The van der Waals surface area contributed by atoms with Crippen LogP contribution in [0.1, 0.15) is 15.2 Å². The summed E-state index contributed by atoms with van der Waals surface area (Å²) in [5.41, 5.74) is 10.7. The third-order valence-corrected chi connectivity index (χ3v) is 7.02. The standard InChI is InChI=1S/C25H17Cl2N3O2S/c1-13-4-9-16(11-18(13)27)29-24(31)23-22(28)21-17(20-3-2-10-32-20)12-19(30-25(21)33-23)14-5-7-15(26)8-6-14/h2-12H,28H2,1H3,(H,29,31). The van der Waals surface area contributed by atoms with E-state index in [2.05, 4.69) is 5.32 Å². The number of aromatic nitrogens is 1. The largest absolute Gasteiger partial charge is 0.464 e. The maximum atomic E-state index is 13.1. The maximum Gasteiger partial charge on any atom is 0.267 e. The van der Waals surface area contributed by atoms with Gasteiger partial charge in [0.1, 0.15) is 15.5 Å². The zero-order chi connectivity index (χ0) is 23.1. The molecule has 0 radical (unpaired) electrons. The first-order valence-electron chi connectivity index (χ1n) is 10.0. The summed E-state index contributed by atoms with van der Waals surface area (Å²) in [4.78, 5) is 18.9. The van der Waals surface area contributed by atoms with Crippen LogP contribution in [-0.2, 0) is 0 Å². The molecule has 0 aliphatic carbocycles. The zero-order valence-corrected chi connectivity index (χ0v) is 19.7. The Kier molecular flexibility index (Phi) is 5.58. The van der Waals surface area contributed by atoms with Crippen molar-refractivity contribution in [1.29, 1.82) is 0 Å². The van der Waals surface area contributed by atoms with Gasteiger partial charge in [-0.25, -0.2) is 4.98 Å². The smallest absolute Gasteiger partial charge is 0.267 e. The summed E-state index contributed by atoms with van der Waals surface area (Å²) >= 11 is 13.5. The van der Waals surface area contributed by atoms with E-state index in [1.54, 1.807) is 24.5 Å². The molecule has 0 saturated heterocycles. The molecule has 2 aromatic carbocycles. The Hall–Kier alpha value is -3.32. The molecule has 0 spiro atoms. The third kappa shape index (κ3) is 4.09. The normalized spacial score (nSPS) is 11.1. The zero-order valence-electron chi connectivity index (χ0n) is 17.4. The summed E-state index contributed by atoms with van der Waals surface area (Å²) in [5, 5.41) is 4.77. The topological polar surface area (TPSA) is 81.2 Å². The number of fused-ring (bicyclic) bond motifs is 1. The third-order valence-electron chi connectivity index (χ3n) is 5.26. The molecule has 5 nitrogen and oxygen atoms in total. The number of hydrogen-bond donors (Lipinski definition) is 2. The van der Waals surface area contributed by atoms with Crippen LogP contribution in [0.3, 0.4) is 0 Å². The minimum absolute atomic E-state index is 0.325. The first-order valence-corrected chi connectivity index (χ1v) is 11.6. The average Bonchev–Trinajstić information content (AvgIpc) is 3.45. The van der Waals surface area contributed by atoms with E-state index in [1.807, 2.05) is 49.4 Å². The molecule has 0 bridgehead atoms. The minimum Gasteiger partial charge on any atom is -0.464 e. The lowest BCUT2D eigenvalue weighted by molar-refractivity contribution is 0.103. The number of furan rings is 1. The van der Waals surface area contributed by atoms with Gasteiger partial charge in [0.25, 0.3) is 5.91 Å². The van der Waals surface area contributed by atoms with E-state index in [9.17, 15) is 4.79 Å². The predicted molar refractivity (Wildman–Crippen MR) is 136 cm³/mol. The van der Waals surface area contributed by atoms with Gasteiger partial charge in [0.2, 0.25) is 0 Å². The molecule has 0 atom stereocenters. The van der Waals surface area contributed by atoms with Gasteiger partial charge in [0, 0.05) is 32.2 Å². The lowest BCUT2D eigenvalue weighted by atomic mass is 10.0. The molecule has 0 unspecified atom stereocenters. The van der Waals surface area contributed by atoms with Gasteiger partial charge in [0.15, 0.2) is 0 Å². The van der Waals surface area contributed by atoms with E-state index in [0.717, 1.165) is 22.4 Å². The Morgan fingerprint density at radius 3 is 2.58 bits per heavy atom. The Bertz CT molecular complexity index is 1490. The van der Waals surface area contributed by atoms with Crippen LogP contribution < -0.4 is 11.1 Å². The van der Waals surface area contributed by atoms with Gasteiger partial charge in [-0.05, 0) is 55.0 Å². The summed E-state index contributed by atoms with van der Waals surface area (Å²) < 4.78 is 5.67. The summed E-state index contributed by atoms with van der Waals surface area (Å²) in [7, 11) is 0. The number of hydrogen-bond acceptors (Lipinski definition) is 5. The molecule has 3 N–H and O–H groups in total. The fraction of sp³-hybridized carbons (Fsp3) is 0.0400. The highest BCUT2D eigenvalue weighted by molar-refractivity contribution is 7.21. The predicted octanol–water partition coefficient (Wildman–Crippen LogP) is 7.67. The van der Waals surface area contributed by atoms with Gasteiger partial charge in [-0.3, -0.25) is 4.79 Å². The summed E-state index contributed by atoms with van der Waals surface area (Å²) in [6, 6.07) is 18.3. The molecule has 1 amide bonds. The second kappa shape index (κ2) is 8.56. The van der Waals surface area contributed by atoms with E-state index < -0.39 is 0 Å². The molecule has 0 saturated carbocycles. The van der Waals surface area contributed by atoms with Crippen molar-refractivity contribution in [3.8, 4) is 22.6 Å². The van der Waals surface area contributed by atoms with Gasteiger partial charge in [-0.1, -0.05) is 41.4 Å². The number of carbonyl (C=O) groups excluding carboxylic acids is 1. The lowest BCUT2D eigenvalue weighted by Crippen LogP contribution is -2.12. The van der Waals surface area contributed by atoms with Crippen LogP contribution in [0.5, 0.6) is 0 Å². The lowest BCUT2D eigenvalue weighted by Gasteiger charge is -2.07. The van der Waals surface area contributed by atoms with Crippen molar-refractivity contribution in [3.63, 3.8) is 0 Å². The van der Waals surface area contributed by atoms with Crippen LogP contribution in [0, 0.1) is 6.92 Å².